The van der Waals surface area contributed by atoms with Gasteiger partial charge < -0.3 is 10.3 Å². The number of rotatable bonds is 3. The molecule has 2 N–H and O–H groups in total. The lowest BCUT2D eigenvalue weighted by Gasteiger charge is -2.06. The highest BCUT2D eigenvalue weighted by atomic mass is 16.2. The van der Waals surface area contributed by atoms with Crippen molar-refractivity contribution in [3.05, 3.63) is 75.7 Å². The Morgan fingerprint density at radius 3 is 2.76 bits per heavy atom. The number of benzene rings is 2. The number of amides is 1. The van der Waals surface area contributed by atoms with Crippen LogP contribution in [-0.4, -0.2) is 25.7 Å². The fraction of sp³-hybridized carbons (Fsp3) is 0.111. The number of carbonyl (C=O) groups excluding carboxylic acids is 1. The summed E-state index contributed by atoms with van der Waals surface area (Å²) in [7, 11) is 0. The fourth-order valence-electron chi connectivity index (χ4n) is 2.82. The van der Waals surface area contributed by atoms with E-state index in [2.05, 4.69) is 20.6 Å². The molecule has 7 nitrogen and oxygen atoms in total. The van der Waals surface area contributed by atoms with Crippen molar-refractivity contribution in [1.82, 2.24) is 25.1 Å². The average molecular weight is 333 g/mol. The van der Waals surface area contributed by atoms with Gasteiger partial charge >= 0.3 is 0 Å². The van der Waals surface area contributed by atoms with E-state index in [1.54, 1.807) is 6.07 Å². The van der Waals surface area contributed by atoms with Gasteiger partial charge in [-0.3, -0.25) is 9.59 Å². The second kappa shape index (κ2) is 5.86. The summed E-state index contributed by atoms with van der Waals surface area (Å²) in [6, 6.07) is 15.0. The summed E-state index contributed by atoms with van der Waals surface area (Å²) in [5.74, 6) is -0.431. The van der Waals surface area contributed by atoms with Crippen LogP contribution in [0.4, 0.5) is 0 Å². The van der Waals surface area contributed by atoms with E-state index in [0.717, 1.165) is 11.1 Å². The number of H-pyrrole nitrogens is 1. The predicted octanol–water partition coefficient (Wildman–Crippen LogP) is 1.81. The van der Waals surface area contributed by atoms with Crippen LogP contribution in [-0.2, 0) is 6.54 Å². The number of aromatic nitrogens is 4. The van der Waals surface area contributed by atoms with Crippen LogP contribution in [0.25, 0.3) is 16.6 Å². The summed E-state index contributed by atoms with van der Waals surface area (Å²) >= 11 is 0. The first-order valence-electron chi connectivity index (χ1n) is 7.84. The molecule has 124 valence electrons. The zero-order chi connectivity index (χ0) is 17.4. The highest BCUT2D eigenvalue weighted by Gasteiger charge is 2.19. The van der Waals surface area contributed by atoms with Gasteiger partial charge in [-0.1, -0.05) is 41.6 Å². The van der Waals surface area contributed by atoms with Gasteiger partial charge in [-0.05, 0) is 30.2 Å². The molecule has 4 rings (SSSR count). The Morgan fingerprint density at radius 2 is 1.92 bits per heavy atom. The Balaban J connectivity index is 1.72. The van der Waals surface area contributed by atoms with Crippen LogP contribution in [0.1, 0.15) is 21.6 Å². The highest BCUT2D eigenvalue weighted by molar-refractivity contribution is 5.99. The number of carbonyl (C=O) groups is 1. The zero-order valence-corrected chi connectivity index (χ0v) is 13.5. The van der Waals surface area contributed by atoms with Crippen molar-refractivity contribution in [1.29, 1.82) is 0 Å². The van der Waals surface area contributed by atoms with Gasteiger partial charge in [-0.25, -0.2) is 4.52 Å². The molecule has 0 saturated heterocycles. The molecule has 0 fully saturated rings. The molecule has 0 aliphatic rings. The van der Waals surface area contributed by atoms with Crippen molar-refractivity contribution in [2.24, 2.45) is 0 Å². The SMILES string of the molecule is Cc1ccccc1CNC(=O)c1nnn2c1c(=O)[nH]c1ccccc12. The largest absolute Gasteiger partial charge is 0.346 e. The van der Waals surface area contributed by atoms with E-state index in [9.17, 15) is 9.59 Å². The van der Waals surface area contributed by atoms with E-state index in [0.29, 0.717) is 17.6 Å². The molecule has 2 aromatic heterocycles. The molecule has 0 bridgehead atoms. The van der Waals surface area contributed by atoms with Crippen LogP contribution in [0.2, 0.25) is 0 Å². The second-order valence-electron chi connectivity index (χ2n) is 5.78. The molecule has 2 aromatic carbocycles. The number of fused-ring (bicyclic) bond motifs is 3. The molecule has 0 radical (unpaired) electrons. The molecular weight excluding hydrogens is 318 g/mol. The van der Waals surface area contributed by atoms with Crippen molar-refractivity contribution in [2.75, 3.05) is 0 Å². The van der Waals surface area contributed by atoms with Crippen molar-refractivity contribution in [2.45, 2.75) is 13.5 Å². The molecule has 2 heterocycles. The standard InChI is InChI=1S/C18H15N5O2/c1-11-6-2-3-7-12(11)10-19-17(24)15-16-18(25)20-13-8-4-5-9-14(13)23(16)22-21-15/h2-9H,10H2,1H3,(H,19,24)(H,20,25). The van der Waals surface area contributed by atoms with Crippen LogP contribution < -0.4 is 10.9 Å². The summed E-state index contributed by atoms with van der Waals surface area (Å²) < 4.78 is 1.40. The van der Waals surface area contributed by atoms with Crippen molar-refractivity contribution < 1.29 is 4.79 Å². The monoisotopic (exact) mass is 333 g/mol. The lowest BCUT2D eigenvalue weighted by atomic mass is 10.1. The number of nitrogens with one attached hydrogen (secondary N) is 2. The van der Waals surface area contributed by atoms with Crippen molar-refractivity contribution in [3.63, 3.8) is 0 Å². The molecular formula is C18H15N5O2. The highest BCUT2D eigenvalue weighted by Crippen LogP contribution is 2.13. The van der Waals surface area contributed by atoms with Gasteiger partial charge in [-0.15, -0.1) is 5.10 Å². The van der Waals surface area contributed by atoms with Gasteiger partial charge in [-0.2, -0.15) is 0 Å². The maximum absolute atomic E-state index is 12.5. The first-order valence-corrected chi connectivity index (χ1v) is 7.84. The molecule has 0 saturated carbocycles. The average Bonchev–Trinajstić information content (AvgIpc) is 3.07. The van der Waals surface area contributed by atoms with Crippen LogP contribution in [0, 0.1) is 6.92 Å². The van der Waals surface area contributed by atoms with Gasteiger partial charge in [0, 0.05) is 6.54 Å². The van der Waals surface area contributed by atoms with Crippen LogP contribution >= 0.6 is 0 Å². The Hall–Kier alpha value is -3.48. The molecule has 0 aliphatic carbocycles. The van der Waals surface area contributed by atoms with Crippen LogP contribution in [0.3, 0.4) is 0 Å². The van der Waals surface area contributed by atoms with Crippen molar-refractivity contribution in [3.8, 4) is 0 Å². The van der Waals surface area contributed by atoms with Gasteiger partial charge in [0.1, 0.15) is 0 Å². The summed E-state index contributed by atoms with van der Waals surface area (Å²) in [6.45, 7) is 2.34. The van der Waals surface area contributed by atoms with E-state index >= 15 is 0 Å². The third-order valence-electron chi connectivity index (χ3n) is 4.18. The minimum Gasteiger partial charge on any atom is -0.346 e. The molecule has 1 amide bonds. The number of aromatic amines is 1. The predicted molar refractivity (Wildman–Crippen MR) is 93.5 cm³/mol. The maximum Gasteiger partial charge on any atom is 0.277 e. The van der Waals surface area contributed by atoms with Gasteiger partial charge in [0.05, 0.1) is 11.0 Å². The summed E-state index contributed by atoms with van der Waals surface area (Å²) in [5, 5.41) is 10.7. The van der Waals surface area contributed by atoms with E-state index < -0.39 is 11.5 Å². The van der Waals surface area contributed by atoms with E-state index in [1.165, 1.54) is 4.52 Å². The molecule has 0 atom stereocenters. The smallest absolute Gasteiger partial charge is 0.277 e. The number of para-hydroxylation sites is 2. The minimum atomic E-state index is -0.431. The second-order valence-corrected chi connectivity index (χ2v) is 5.78. The molecule has 7 heteroatoms. The normalized spacial score (nSPS) is 11.1. The zero-order valence-electron chi connectivity index (χ0n) is 13.5. The number of aryl methyl sites for hydroxylation is 1. The molecule has 0 unspecified atom stereocenters. The minimum absolute atomic E-state index is 0.0144. The first-order chi connectivity index (χ1) is 12.1. The van der Waals surface area contributed by atoms with Crippen LogP contribution in [0.5, 0.6) is 0 Å². The number of hydrogen-bond donors (Lipinski definition) is 2. The molecule has 0 spiro atoms. The van der Waals surface area contributed by atoms with Crippen LogP contribution in [0.15, 0.2) is 53.3 Å². The summed E-state index contributed by atoms with van der Waals surface area (Å²) in [4.78, 5) is 27.6. The Morgan fingerprint density at radius 1 is 1.16 bits per heavy atom. The summed E-state index contributed by atoms with van der Waals surface area (Å²) in [5.41, 5.74) is 3.16. The lowest BCUT2D eigenvalue weighted by molar-refractivity contribution is 0.0947. The van der Waals surface area contributed by atoms with Gasteiger partial charge in [0.2, 0.25) is 0 Å². The van der Waals surface area contributed by atoms with Gasteiger partial charge in [0.15, 0.2) is 11.2 Å². The third-order valence-corrected chi connectivity index (χ3v) is 4.18. The summed E-state index contributed by atoms with van der Waals surface area (Å²) in [6.07, 6.45) is 0. The topological polar surface area (TPSA) is 92.2 Å². The Kier molecular flexibility index (Phi) is 3.53. The maximum atomic E-state index is 12.5. The lowest BCUT2D eigenvalue weighted by Crippen LogP contribution is -2.25. The number of hydrogen-bond acceptors (Lipinski definition) is 4. The Bertz CT molecular complexity index is 1160. The quantitative estimate of drug-likeness (QED) is 0.598. The fourth-order valence-corrected chi connectivity index (χ4v) is 2.82. The third kappa shape index (κ3) is 2.55. The van der Waals surface area contributed by atoms with E-state index in [4.69, 9.17) is 0 Å². The Labute approximate surface area is 142 Å². The molecule has 4 aromatic rings. The molecule has 25 heavy (non-hydrogen) atoms. The van der Waals surface area contributed by atoms with Crippen molar-refractivity contribution >= 4 is 22.5 Å². The number of nitrogens with zero attached hydrogens (tertiary/aromatic N) is 3. The first kappa shape index (κ1) is 15.1. The van der Waals surface area contributed by atoms with E-state index in [1.807, 2.05) is 49.4 Å². The molecule has 0 aliphatic heterocycles. The van der Waals surface area contributed by atoms with Gasteiger partial charge in [0.25, 0.3) is 11.5 Å². The van der Waals surface area contributed by atoms with E-state index in [-0.39, 0.29) is 11.2 Å².